The molecular weight excluding hydrogens is 234 g/mol. The first-order chi connectivity index (χ1) is 9.28. The molecular formula is C16H23N3. The average Bonchev–Trinajstić information content (AvgIpc) is 2.60. The topological polar surface area (TPSA) is 39.1 Å². The highest BCUT2D eigenvalue weighted by Crippen LogP contribution is 2.09. The van der Waals surface area contributed by atoms with E-state index in [-0.39, 0.29) is 0 Å². The summed E-state index contributed by atoms with van der Waals surface area (Å²) >= 11 is 0. The monoisotopic (exact) mass is 257 g/mol. The SMILES string of the molecule is CC1CNC(CC#N)CN(CCc2ccccc2)C1. The smallest absolute Gasteiger partial charge is 0.0638 e. The molecule has 3 nitrogen and oxygen atoms in total. The average molecular weight is 257 g/mol. The van der Waals surface area contributed by atoms with Gasteiger partial charge in [0.2, 0.25) is 0 Å². The first-order valence-electron chi connectivity index (χ1n) is 7.14. The lowest BCUT2D eigenvalue weighted by atomic mass is 10.1. The first-order valence-corrected chi connectivity index (χ1v) is 7.14. The number of rotatable bonds is 4. The zero-order valence-electron chi connectivity index (χ0n) is 11.7. The van der Waals surface area contributed by atoms with Crippen LogP contribution in [0.25, 0.3) is 0 Å². The Hall–Kier alpha value is -1.37. The van der Waals surface area contributed by atoms with Gasteiger partial charge in [-0.15, -0.1) is 0 Å². The Labute approximate surface area is 116 Å². The summed E-state index contributed by atoms with van der Waals surface area (Å²) in [5.74, 6) is 0.652. The lowest BCUT2D eigenvalue weighted by molar-refractivity contribution is 0.252. The van der Waals surface area contributed by atoms with Crippen molar-refractivity contribution in [2.75, 3.05) is 26.2 Å². The van der Waals surface area contributed by atoms with E-state index < -0.39 is 0 Å². The van der Waals surface area contributed by atoms with E-state index in [9.17, 15) is 0 Å². The Morgan fingerprint density at radius 1 is 1.32 bits per heavy atom. The summed E-state index contributed by atoms with van der Waals surface area (Å²) in [5, 5.41) is 12.4. The molecule has 0 saturated carbocycles. The third-order valence-corrected chi connectivity index (χ3v) is 3.70. The van der Waals surface area contributed by atoms with Crippen LogP contribution in [0.3, 0.4) is 0 Å². The van der Waals surface area contributed by atoms with Gasteiger partial charge in [0.25, 0.3) is 0 Å². The molecule has 19 heavy (non-hydrogen) atoms. The molecule has 1 heterocycles. The van der Waals surface area contributed by atoms with Gasteiger partial charge in [-0.3, -0.25) is 0 Å². The summed E-state index contributed by atoms with van der Waals surface area (Å²) in [6.07, 6.45) is 1.70. The Morgan fingerprint density at radius 2 is 2.11 bits per heavy atom. The maximum atomic E-state index is 8.86. The van der Waals surface area contributed by atoms with Crippen LogP contribution >= 0.6 is 0 Å². The third kappa shape index (κ3) is 4.66. The van der Waals surface area contributed by atoms with Crippen molar-refractivity contribution in [1.82, 2.24) is 10.2 Å². The molecule has 0 spiro atoms. The van der Waals surface area contributed by atoms with Crippen LogP contribution in [-0.4, -0.2) is 37.1 Å². The molecule has 1 N–H and O–H groups in total. The minimum atomic E-state index is 0.325. The van der Waals surface area contributed by atoms with Gasteiger partial charge >= 0.3 is 0 Å². The Kier molecular flexibility index (Phi) is 5.38. The van der Waals surface area contributed by atoms with Gasteiger partial charge in [0.1, 0.15) is 0 Å². The highest BCUT2D eigenvalue weighted by atomic mass is 15.2. The normalized spacial score (nSPS) is 24.6. The second-order valence-corrected chi connectivity index (χ2v) is 5.57. The minimum absolute atomic E-state index is 0.325. The van der Waals surface area contributed by atoms with Crippen LogP contribution in [0.1, 0.15) is 18.9 Å². The van der Waals surface area contributed by atoms with Crippen LogP contribution in [0.4, 0.5) is 0 Å². The number of nitriles is 1. The highest BCUT2D eigenvalue weighted by Gasteiger charge is 2.20. The van der Waals surface area contributed by atoms with E-state index in [1.165, 1.54) is 5.56 Å². The van der Waals surface area contributed by atoms with Gasteiger partial charge in [-0.1, -0.05) is 37.3 Å². The van der Waals surface area contributed by atoms with Crippen molar-refractivity contribution in [2.24, 2.45) is 5.92 Å². The quantitative estimate of drug-likeness (QED) is 0.897. The maximum absolute atomic E-state index is 8.86. The van der Waals surface area contributed by atoms with Crippen molar-refractivity contribution < 1.29 is 0 Å². The second kappa shape index (κ2) is 7.28. The molecule has 0 aliphatic carbocycles. The van der Waals surface area contributed by atoms with Gasteiger partial charge in [0, 0.05) is 25.7 Å². The van der Waals surface area contributed by atoms with Crippen LogP contribution in [0.5, 0.6) is 0 Å². The van der Waals surface area contributed by atoms with Crippen molar-refractivity contribution in [3.05, 3.63) is 35.9 Å². The molecule has 1 saturated heterocycles. The van der Waals surface area contributed by atoms with Gasteiger partial charge in [-0.05, 0) is 24.4 Å². The Bertz CT molecular complexity index is 410. The molecule has 0 bridgehead atoms. The van der Waals surface area contributed by atoms with E-state index in [1.807, 2.05) is 0 Å². The van der Waals surface area contributed by atoms with Crippen LogP contribution in [0.15, 0.2) is 30.3 Å². The molecule has 1 aliphatic rings. The van der Waals surface area contributed by atoms with Gasteiger partial charge in [0.15, 0.2) is 0 Å². The number of benzene rings is 1. The number of nitrogens with one attached hydrogen (secondary N) is 1. The summed E-state index contributed by atoms with van der Waals surface area (Å²) < 4.78 is 0. The molecule has 2 unspecified atom stereocenters. The number of hydrogen-bond donors (Lipinski definition) is 1. The van der Waals surface area contributed by atoms with E-state index in [0.717, 1.165) is 32.6 Å². The van der Waals surface area contributed by atoms with Gasteiger partial charge < -0.3 is 10.2 Å². The molecule has 0 amide bonds. The van der Waals surface area contributed by atoms with E-state index in [4.69, 9.17) is 5.26 Å². The molecule has 1 aromatic rings. The standard InChI is InChI=1S/C16H23N3/c1-14-11-18-16(7-9-17)13-19(12-14)10-8-15-5-3-2-4-6-15/h2-6,14,16,18H,7-8,10-13H2,1H3. The second-order valence-electron chi connectivity index (χ2n) is 5.57. The van der Waals surface area contributed by atoms with Crippen LogP contribution < -0.4 is 5.32 Å². The number of nitrogens with zero attached hydrogens (tertiary/aromatic N) is 2. The zero-order valence-corrected chi connectivity index (χ0v) is 11.7. The molecule has 1 fully saturated rings. The van der Waals surface area contributed by atoms with Crippen molar-refractivity contribution in [3.63, 3.8) is 0 Å². The molecule has 0 aromatic heterocycles. The molecule has 0 radical (unpaired) electrons. The van der Waals surface area contributed by atoms with E-state index in [0.29, 0.717) is 18.4 Å². The zero-order chi connectivity index (χ0) is 13.5. The number of hydrogen-bond acceptors (Lipinski definition) is 3. The van der Waals surface area contributed by atoms with E-state index in [2.05, 4.69) is 53.5 Å². The fourth-order valence-corrected chi connectivity index (χ4v) is 2.69. The minimum Gasteiger partial charge on any atom is -0.311 e. The lowest BCUT2D eigenvalue weighted by Gasteiger charge is -2.24. The predicted molar refractivity (Wildman–Crippen MR) is 77.8 cm³/mol. The van der Waals surface area contributed by atoms with Crippen LogP contribution in [0, 0.1) is 17.2 Å². The van der Waals surface area contributed by atoms with Crippen LogP contribution in [0.2, 0.25) is 0 Å². The maximum Gasteiger partial charge on any atom is 0.0638 e. The first kappa shape index (κ1) is 14.0. The molecule has 2 atom stereocenters. The Balaban J connectivity index is 1.88. The molecule has 1 aromatic carbocycles. The largest absolute Gasteiger partial charge is 0.311 e. The van der Waals surface area contributed by atoms with Gasteiger partial charge in [-0.2, -0.15) is 5.26 Å². The summed E-state index contributed by atoms with van der Waals surface area (Å²) in [6, 6.07) is 13.2. The summed E-state index contributed by atoms with van der Waals surface area (Å²) in [7, 11) is 0. The van der Waals surface area contributed by atoms with Crippen molar-refractivity contribution in [2.45, 2.75) is 25.8 Å². The highest BCUT2D eigenvalue weighted by molar-refractivity contribution is 5.14. The summed E-state index contributed by atoms with van der Waals surface area (Å²) in [4.78, 5) is 2.50. The van der Waals surface area contributed by atoms with Gasteiger partial charge in [0.05, 0.1) is 12.5 Å². The molecule has 102 valence electrons. The molecule has 2 rings (SSSR count). The molecule has 1 aliphatic heterocycles. The molecule has 3 heteroatoms. The fourth-order valence-electron chi connectivity index (χ4n) is 2.69. The summed E-state index contributed by atoms with van der Waals surface area (Å²) in [6.45, 7) is 6.50. The fraction of sp³-hybridized carbons (Fsp3) is 0.562. The van der Waals surface area contributed by atoms with E-state index >= 15 is 0 Å². The van der Waals surface area contributed by atoms with Gasteiger partial charge in [-0.25, -0.2) is 0 Å². The van der Waals surface area contributed by atoms with Crippen molar-refractivity contribution in [3.8, 4) is 6.07 Å². The predicted octanol–water partition coefficient (Wildman–Crippen LogP) is 2.05. The lowest BCUT2D eigenvalue weighted by Crippen LogP contribution is -2.38. The van der Waals surface area contributed by atoms with Crippen molar-refractivity contribution >= 4 is 0 Å². The van der Waals surface area contributed by atoms with E-state index in [1.54, 1.807) is 0 Å². The third-order valence-electron chi connectivity index (χ3n) is 3.70. The van der Waals surface area contributed by atoms with Crippen LogP contribution in [-0.2, 0) is 6.42 Å². The van der Waals surface area contributed by atoms with Crippen molar-refractivity contribution in [1.29, 1.82) is 5.26 Å². The Morgan fingerprint density at radius 3 is 2.84 bits per heavy atom. The summed E-state index contributed by atoms with van der Waals surface area (Å²) in [5.41, 5.74) is 1.39.